The molecule has 18 heavy (non-hydrogen) atoms. The number of nitrogens with one attached hydrogen (secondary N) is 2. The number of anilines is 2. The summed E-state index contributed by atoms with van der Waals surface area (Å²) in [4.78, 5) is 11.2. The summed E-state index contributed by atoms with van der Waals surface area (Å²) in [5.74, 6) is 0.575. The number of carbonyl (C=O) groups excluding carboxylic acids is 1. The highest BCUT2D eigenvalue weighted by Crippen LogP contribution is 2.30. The molecule has 2 rings (SSSR count). The predicted octanol–water partition coefficient (Wildman–Crippen LogP) is 1.85. The summed E-state index contributed by atoms with van der Waals surface area (Å²) in [5, 5.41) is 6.11. The van der Waals surface area contributed by atoms with Crippen molar-refractivity contribution < 1.29 is 14.3 Å². The van der Waals surface area contributed by atoms with Crippen molar-refractivity contribution in [2.45, 2.75) is 26.0 Å². The van der Waals surface area contributed by atoms with Crippen LogP contribution in [0.4, 0.5) is 11.4 Å². The van der Waals surface area contributed by atoms with Gasteiger partial charge in [0.1, 0.15) is 5.75 Å². The summed E-state index contributed by atoms with van der Waals surface area (Å²) in [7, 11) is 1.68. The van der Waals surface area contributed by atoms with Crippen molar-refractivity contribution >= 4 is 17.3 Å². The molecule has 0 spiro atoms. The molecule has 0 saturated carbocycles. The quantitative estimate of drug-likeness (QED) is 0.856. The smallest absolute Gasteiger partial charge is 0.262 e. The first-order chi connectivity index (χ1) is 8.60. The lowest BCUT2D eigenvalue weighted by Crippen LogP contribution is -2.30. The highest BCUT2D eigenvalue weighted by molar-refractivity contribution is 5.96. The number of benzene rings is 1. The molecule has 1 amide bonds. The molecule has 98 valence electrons. The van der Waals surface area contributed by atoms with Crippen LogP contribution < -0.4 is 15.4 Å². The Morgan fingerprint density at radius 1 is 1.44 bits per heavy atom. The van der Waals surface area contributed by atoms with Crippen molar-refractivity contribution in [1.29, 1.82) is 0 Å². The van der Waals surface area contributed by atoms with E-state index in [1.54, 1.807) is 7.11 Å². The van der Waals surface area contributed by atoms with E-state index in [2.05, 4.69) is 10.6 Å². The van der Waals surface area contributed by atoms with Crippen molar-refractivity contribution in [1.82, 2.24) is 0 Å². The molecule has 0 radical (unpaired) electrons. The van der Waals surface area contributed by atoms with Gasteiger partial charge in [-0.05, 0) is 32.0 Å². The van der Waals surface area contributed by atoms with E-state index in [0.717, 1.165) is 5.69 Å². The number of ether oxygens (including phenoxy) is 2. The molecule has 2 atom stereocenters. The molecule has 0 bridgehead atoms. The summed E-state index contributed by atoms with van der Waals surface area (Å²) in [6, 6.07) is 5.81. The molecule has 2 unspecified atom stereocenters. The first-order valence-electron chi connectivity index (χ1n) is 5.96. The first kappa shape index (κ1) is 12.7. The first-order valence-corrected chi connectivity index (χ1v) is 5.96. The van der Waals surface area contributed by atoms with E-state index in [1.165, 1.54) is 0 Å². The van der Waals surface area contributed by atoms with Crippen LogP contribution in [0.1, 0.15) is 13.8 Å². The molecule has 0 aliphatic carbocycles. The van der Waals surface area contributed by atoms with E-state index in [-0.39, 0.29) is 24.7 Å². The minimum absolute atomic E-state index is 0.0802. The molecule has 1 heterocycles. The minimum atomic E-state index is -0.127. The van der Waals surface area contributed by atoms with Gasteiger partial charge in [-0.25, -0.2) is 0 Å². The Kier molecular flexibility index (Phi) is 3.72. The maximum absolute atomic E-state index is 11.2. The number of rotatable bonds is 4. The standard InChI is InChI=1S/C13H18N2O3/c1-8(9(2)17-3)14-10-4-5-12-11(6-10)15-13(16)7-18-12/h4-6,8-9,14H,7H2,1-3H3,(H,15,16). The van der Waals surface area contributed by atoms with Gasteiger partial charge in [0.2, 0.25) is 0 Å². The van der Waals surface area contributed by atoms with Crippen LogP contribution in [0.3, 0.4) is 0 Å². The predicted molar refractivity (Wildman–Crippen MR) is 70.1 cm³/mol. The molecule has 1 aliphatic heterocycles. The summed E-state index contributed by atoms with van der Waals surface area (Å²) in [6.07, 6.45) is 0.104. The van der Waals surface area contributed by atoms with Gasteiger partial charge in [0.05, 0.1) is 11.8 Å². The Labute approximate surface area is 106 Å². The van der Waals surface area contributed by atoms with Crippen molar-refractivity contribution in [3.8, 4) is 5.75 Å². The van der Waals surface area contributed by atoms with Crippen LogP contribution in [0.15, 0.2) is 18.2 Å². The van der Waals surface area contributed by atoms with Crippen molar-refractivity contribution in [2.75, 3.05) is 24.4 Å². The normalized spacial score (nSPS) is 17.2. The third-order valence-corrected chi connectivity index (χ3v) is 3.08. The zero-order chi connectivity index (χ0) is 13.1. The SMILES string of the molecule is COC(C)C(C)Nc1ccc2c(c1)NC(=O)CO2. The van der Waals surface area contributed by atoms with Gasteiger partial charge in [0, 0.05) is 18.8 Å². The van der Waals surface area contributed by atoms with Crippen LogP contribution in [0, 0.1) is 0 Å². The lowest BCUT2D eigenvalue weighted by molar-refractivity contribution is -0.118. The Morgan fingerprint density at radius 2 is 2.22 bits per heavy atom. The highest BCUT2D eigenvalue weighted by atomic mass is 16.5. The second-order valence-corrected chi connectivity index (χ2v) is 4.42. The summed E-state index contributed by atoms with van der Waals surface area (Å²) in [6.45, 7) is 4.13. The molecule has 0 aromatic heterocycles. The van der Waals surface area contributed by atoms with Crippen LogP contribution in [0.5, 0.6) is 5.75 Å². The third-order valence-electron chi connectivity index (χ3n) is 3.08. The maximum Gasteiger partial charge on any atom is 0.262 e. The molecule has 1 aromatic rings. The molecule has 1 aliphatic rings. The van der Waals surface area contributed by atoms with E-state index in [4.69, 9.17) is 9.47 Å². The highest BCUT2D eigenvalue weighted by Gasteiger charge is 2.17. The van der Waals surface area contributed by atoms with Crippen LogP contribution in [-0.2, 0) is 9.53 Å². The van der Waals surface area contributed by atoms with Gasteiger partial charge in [0.15, 0.2) is 6.61 Å². The van der Waals surface area contributed by atoms with E-state index in [0.29, 0.717) is 11.4 Å². The summed E-state index contributed by atoms with van der Waals surface area (Å²) >= 11 is 0. The van der Waals surface area contributed by atoms with Gasteiger partial charge in [0.25, 0.3) is 5.91 Å². The van der Waals surface area contributed by atoms with E-state index in [1.807, 2.05) is 32.0 Å². The molecule has 2 N–H and O–H groups in total. The van der Waals surface area contributed by atoms with Crippen LogP contribution >= 0.6 is 0 Å². The lowest BCUT2D eigenvalue weighted by Gasteiger charge is -2.23. The van der Waals surface area contributed by atoms with Crippen LogP contribution in [0.25, 0.3) is 0 Å². The van der Waals surface area contributed by atoms with Crippen molar-refractivity contribution in [2.24, 2.45) is 0 Å². The number of carbonyl (C=O) groups is 1. The van der Waals surface area contributed by atoms with Gasteiger partial charge >= 0.3 is 0 Å². The molecular weight excluding hydrogens is 232 g/mol. The Bertz CT molecular complexity index is 448. The van der Waals surface area contributed by atoms with Gasteiger partial charge in [-0.2, -0.15) is 0 Å². The van der Waals surface area contributed by atoms with Crippen molar-refractivity contribution in [3.63, 3.8) is 0 Å². The van der Waals surface area contributed by atoms with E-state index < -0.39 is 0 Å². The zero-order valence-corrected chi connectivity index (χ0v) is 10.8. The lowest BCUT2D eigenvalue weighted by atomic mass is 10.1. The number of methoxy groups -OCH3 is 1. The molecule has 0 fully saturated rings. The minimum Gasteiger partial charge on any atom is -0.482 e. The van der Waals surface area contributed by atoms with Crippen LogP contribution in [0.2, 0.25) is 0 Å². The monoisotopic (exact) mass is 250 g/mol. The number of hydrogen-bond acceptors (Lipinski definition) is 4. The summed E-state index contributed by atoms with van der Waals surface area (Å²) in [5.41, 5.74) is 1.63. The second-order valence-electron chi connectivity index (χ2n) is 4.42. The Hall–Kier alpha value is -1.75. The van der Waals surface area contributed by atoms with Gasteiger partial charge in [-0.1, -0.05) is 0 Å². The summed E-state index contributed by atoms with van der Waals surface area (Å²) < 4.78 is 10.6. The number of fused-ring (bicyclic) bond motifs is 1. The van der Waals surface area contributed by atoms with Gasteiger partial charge in [-0.15, -0.1) is 0 Å². The third kappa shape index (κ3) is 2.73. The topological polar surface area (TPSA) is 59.6 Å². The molecular formula is C13H18N2O3. The number of amides is 1. The zero-order valence-electron chi connectivity index (χ0n) is 10.8. The Balaban J connectivity index is 2.11. The van der Waals surface area contributed by atoms with Gasteiger partial charge in [-0.3, -0.25) is 4.79 Å². The molecule has 5 heteroatoms. The molecule has 1 aromatic carbocycles. The average Bonchev–Trinajstić information content (AvgIpc) is 2.37. The molecule has 0 saturated heterocycles. The Morgan fingerprint density at radius 3 is 2.94 bits per heavy atom. The van der Waals surface area contributed by atoms with E-state index >= 15 is 0 Å². The largest absolute Gasteiger partial charge is 0.482 e. The van der Waals surface area contributed by atoms with Crippen molar-refractivity contribution in [3.05, 3.63) is 18.2 Å². The molecule has 5 nitrogen and oxygen atoms in total. The van der Waals surface area contributed by atoms with Gasteiger partial charge < -0.3 is 20.1 Å². The fourth-order valence-corrected chi connectivity index (χ4v) is 1.76. The fraction of sp³-hybridized carbons (Fsp3) is 0.462. The number of hydrogen-bond donors (Lipinski definition) is 2. The average molecular weight is 250 g/mol. The van der Waals surface area contributed by atoms with Crippen LogP contribution in [-0.4, -0.2) is 31.8 Å². The fourth-order valence-electron chi connectivity index (χ4n) is 1.76. The van der Waals surface area contributed by atoms with E-state index in [9.17, 15) is 4.79 Å². The second kappa shape index (κ2) is 5.27. The maximum atomic E-state index is 11.2.